The Hall–Kier alpha value is -2.90. The molecule has 148 valence electrons. The molecule has 0 saturated carbocycles. The number of ketones is 2. The lowest BCUT2D eigenvalue weighted by molar-refractivity contribution is -0.169. The van der Waals surface area contributed by atoms with Gasteiger partial charge in [0.2, 0.25) is 12.2 Å². The third kappa shape index (κ3) is 3.83. The molecule has 2 aromatic rings. The van der Waals surface area contributed by atoms with Gasteiger partial charge in [0.05, 0.1) is 24.0 Å². The second-order valence-corrected chi connectivity index (χ2v) is 7.36. The number of carbonyl (C=O) groups excluding carboxylic acids is 4. The summed E-state index contributed by atoms with van der Waals surface area (Å²) in [5.41, 5.74) is 0.508. The highest BCUT2D eigenvalue weighted by Gasteiger charge is 2.38. The number of benzene rings is 2. The van der Waals surface area contributed by atoms with Gasteiger partial charge in [-0.15, -0.1) is 0 Å². The van der Waals surface area contributed by atoms with Crippen molar-refractivity contribution in [1.82, 2.24) is 0 Å². The minimum absolute atomic E-state index is 0.176. The van der Waals surface area contributed by atoms with Crippen LogP contribution in [0.5, 0.6) is 11.5 Å². The molecule has 0 N–H and O–H groups in total. The second kappa shape index (κ2) is 7.50. The standard InChI is InChI=1S/C20H12Cl2O7/c21-9-1-3-15-11(5-9)13(23)7-17(27-15)19(25)29-20(26)18-8-14(24)12-6-10(22)2-4-16(12)28-18/h1-6,17-18H,7-8H2/t17-,18?/m0/s1. The Morgan fingerprint density at radius 1 is 0.793 bits per heavy atom. The summed E-state index contributed by atoms with van der Waals surface area (Å²) in [6.45, 7) is 0. The Morgan fingerprint density at radius 3 is 1.62 bits per heavy atom. The molecule has 0 saturated heterocycles. The maximum absolute atomic E-state index is 12.3. The van der Waals surface area contributed by atoms with Gasteiger partial charge in [0.15, 0.2) is 11.6 Å². The van der Waals surface area contributed by atoms with Crippen LogP contribution in [-0.2, 0) is 14.3 Å². The molecule has 2 aliphatic heterocycles. The molecule has 0 amide bonds. The zero-order valence-corrected chi connectivity index (χ0v) is 16.2. The minimum Gasteiger partial charge on any atom is -0.477 e. The molecule has 1 unspecified atom stereocenters. The van der Waals surface area contributed by atoms with E-state index in [2.05, 4.69) is 0 Å². The molecule has 9 heteroatoms. The summed E-state index contributed by atoms with van der Waals surface area (Å²) < 4.78 is 15.8. The Kier molecular flexibility index (Phi) is 5.02. The van der Waals surface area contributed by atoms with Crippen LogP contribution in [0.1, 0.15) is 33.6 Å². The Morgan fingerprint density at radius 2 is 1.21 bits per heavy atom. The molecule has 7 nitrogen and oxygen atoms in total. The van der Waals surface area contributed by atoms with Crippen LogP contribution in [0.15, 0.2) is 36.4 Å². The average Bonchev–Trinajstić information content (AvgIpc) is 2.68. The highest BCUT2D eigenvalue weighted by Crippen LogP contribution is 2.32. The van der Waals surface area contributed by atoms with Crippen molar-refractivity contribution in [3.05, 3.63) is 57.6 Å². The highest BCUT2D eigenvalue weighted by molar-refractivity contribution is 6.31. The maximum atomic E-state index is 12.3. The lowest BCUT2D eigenvalue weighted by atomic mass is 10.00. The molecule has 4 rings (SSSR count). The third-order valence-electron chi connectivity index (χ3n) is 4.49. The number of hydrogen-bond acceptors (Lipinski definition) is 7. The number of fused-ring (bicyclic) bond motifs is 2. The maximum Gasteiger partial charge on any atom is 0.355 e. The van der Waals surface area contributed by atoms with Crippen molar-refractivity contribution in [2.75, 3.05) is 0 Å². The zero-order valence-electron chi connectivity index (χ0n) is 14.6. The zero-order chi connectivity index (χ0) is 20.7. The molecule has 2 heterocycles. The molecule has 0 aliphatic carbocycles. The predicted octanol–water partition coefficient (Wildman–Crippen LogP) is 3.43. The van der Waals surface area contributed by atoms with Gasteiger partial charge < -0.3 is 14.2 Å². The Bertz CT molecular complexity index is 979. The van der Waals surface area contributed by atoms with Crippen LogP contribution in [-0.4, -0.2) is 35.7 Å². The van der Waals surface area contributed by atoms with Crippen LogP contribution in [0, 0.1) is 0 Å². The van der Waals surface area contributed by atoms with Crippen LogP contribution < -0.4 is 9.47 Å². The first-order chi connectivity index (χ1) is 13.8. The number of ether oxygens (including phenoxy) is 3. The Balaban J connectivity index is 1.44. The van der Waals surface area contributed by atoms with Gasteiger partial charge in [-0.05, 0) is 36.4 Å². The molecule has 0 bridgehead atoms. The number of hydrogen-bond donors (Lipinski definition) is 0. The van der Waals surface area contributed by atoms with Gasteiger partial charge in [-0.3, -0.25) is 9.59 Å². The second-order valence-electron chi connectivity index (χ2n) is 6.49. The summed E-state index contributed by atoms with van der Waals surface area (Å²) in [6.07, 6.45) is -3.17. The van der Waals surface area contributed by atoms with E-state index in [9.17, 15) is 19.2 Å². The van der Waals surface area contributed by atoms with Crippen LogP contribution in [0.4, 0.5) is 0 Å². The van der Waals surface area contributed by atoms with Crippen molar-refractivity contribution in [2.24, 2.45) is 0 Å². The van der Waals surface area contributed by atoms with E-state index in [1.54, 1.807) is 0 Å². The van der Waals surface area contributed by atoms with Gasteiger partial charge in [-0.2, -0.15) is 0 Å². The van der Waals surface area contributed by atoms with Gasteiger partial charge in [0, 0.05) is 10.0 Å². The number of rotatable bonds is 2. The van der Waals surface area contributed by atoms with Crippen molar-refractivity contribution in [1.29, 1.82) is 0 Å². The van der Waals surface area contributed by atoms with Crippen molar-refractivity contribution in [3.8, 4) is 11.5 Å². The van der Waals surface area contributed by atoms with Gasteiger partial charge in [0.25, 0.3) is 0 Å². The molecular weight excluding hydrogens is 423 g/mol. The fourth-order valence-electron chi connectivity index (χ4n) is 3.09. The van der Waals surface area contributed by atoms with E-state index in [1.165, 1.54) is 36.4 Å². The first-order valence-electron chi connectivity index (χ1n) is 8.56. The highest BCUT2D eigenvalue weighted by atomic mass is 35.5. The monoisotopic (exact) mass is 434 g/mol. The van der Waals surface area contributed by atoms with Gasteiger partial charge in [0.1, 0.15) is 11.5 Å². The van der Waals surface area contributed by atoms with Crippen molar-refractivity contribution < 1.29 is 33.4 Å². The summed E-state index contributed by atoms with van der Waals surface area (Å²) in [6, 6.07) is 8.83. The first kappa shape index (κ1) is 19.4. The first-order valence-corrected chi connectivity index (χ1v) is 9.32. The van der Waals surface area contributed by atoms with Crippen LogP contribution in [0.2, 0.25) is 10.0 Å². The number of Topliss-reactive ketones (excluding diaryl/α,β-unsaturated/α-hetero) is 2. The smallest absolute Gasteiger partial charge is 0.355 e. The van der Waals surface area contributed by atoms with Crippen LogP contribution in [0.3, 0.4) is 0 Å². The molecule has 0 spiro atoms. The third-order valence-corrected chi connectivity index (χ3v) is 4.96. The summed E-state index contributed by atoms with van der Waals surface area (Å²) in [5, 5.41) is 0.718. The van der Waals surface area contributed by atoms with Crippen molar-refractivity contribution >= 4 is 46.7 Å². The SMILES string of the molecule is O=C1CC(C(=O)OC(=O)[C@@H]2CC(=O)c3cc(Cl)ccc3O2)Oc2ccc(Cl)cc21. The minimum atomic E-state index is -1.29. The van der Waals surface area contributed by atoms with Crippen LogP contribution >= 0.6 is 23.2 Å². The van der Waals surface area contributed by atoms with Gasteiger partial charge in [-0.1, -0.05) is 23.2 Å². The van der Waals surface area contributed by atoms with Gasteiger partial charge in [-0.25, -0.2) is 9.59 Å². The van der Waals surface area contributed by atoms with E-state index >= 15 is 0 Å². The molecular formula is C20H12Cl2O7. The quantitative estimate of drug-likeness (QED) is 0.527. The lowest BCUT2D eigenvalue weighted by Crippen LogP contribution is -2.41. The summed E-state index contributed by atoms with van der Waals surface area (Å²) >= 11 is 11.7. The van der Waals surface area contributed by atoms with Crippen molar-refractivity contribution in [2.45, 2.75) is 25.0 Å². The average molecular weight is 435 g/mol. The number of carbonyl (C=O) groups is 4. The molecule has 0 radical (unpaired) electrons. The largest absolute Gasteiger partial charge is 0.477 e. The Labute approximate surface area is 174 Å². The normalized spacial score (nSPS) is 20.1. The lowest BCUT2D eigenvalue weighted by Gasteiger charge is -2.26. The molecule has 2 aliphatic rings. The molecule has 2 atom stereocenters. The van der Waals surface area contributed by atoms with E-state index in [0.29, 0.717) is 10.0 Å². The topological polar surface area (TPSA) is 96.0 Å². The van der Waals surface area contributed by atoms with E-state index < -0.39 is 24.1 Å². The van der Waals surface area contributed by atoms with E-state index in [-0.39, 0.29) is 47.0 Å². The van der Waals surface area contributed by atoms with E-state index in [4.69, 9.17) is 37.4 Å². The number of esters is 2. The summed E-state index contributed by atoms with van der Waals surface area (Å²) in [4.78, 5) is 49.2. The predicted molar refractivity (Wildman–Crippen MR) is 101 cm³/mol. The number of halogens is 2. The van der Waals surface area contributed by atoms with Crippen molar-refractivity contribution in [3.63, 3.8) is 0 Å². The summed E-state index contributed by atoms with van der Waals surface area (Å²) in [7, 11) is 0. The summed E-state index contributed by atoms with van der Waals surface area (Å²) in [5.74, 6) is -2.45. The molecule has 29 heavy (non-hydrogen) atoms. The van der Waals surface area contributed by atoms with E-state index in [1.807, 2.05) is 0 Å². The molecule has 0 aromatic heterocycles. The fraction of sp³-hybridized carbons (Fsp3) is 0.200. The molecule has 2 aromatic carbocycles. The molecule has 0 fully saturated rings. The van der Waals surface area contributed by atoms with Gasteiger partial charge >= 0.3 is 11.9 Å². The van der Waals surface area contributed by atoms with Crippen LogP contribution in [0.25, 0.3) is 0 Å². The van der Waals surface area contributed by atoms with E-state index in [0.717, 1.165) is 0 Å². The fourth-order valence-corrected chi connectivity index (χ4v) is 3.43.